The predicted octanol–water partition coefficient (Wildman–Crippen LogP) is 1.62. The van der Waals surface area contributed by atoms with Crippen LogP contribution in [0.2, 0.25) is 0 Å². The highest BCUT2D eigenvalue weighted by atomic mass is 16.5. The van der Waals surface area contributed by atoms with Crippen LogP contribution in [0.3, 0.4) is 0 Å². The van der Waals surface area contributed by atoms with Crippen LogP contribution in [0, 0.1) is 0 Å². The quantitative estimate of drug-likeness (QED) is 0.860. The fourth-order valence-corrected chi connectivity index (χ4v) is 1.85. The van der Waals surface area contributed by atoms with Gasteiger partial charge < -0.3 is 10.1 Å². The van der Waals surface area contributed by atoms with Crippen molar-refractivity contribution in [3.05, 3.63) is 35.9 Å². The Hall–Kier alpha value is -1.55. The molecular weight excluding hydrogens is 216 g/mol. The largest absolute Gasteiger partial charge is 0.445 e. The molecule has 0 bridgehead atoms. The van der Waals surface area contributed by atoms with E-state index < -0.39 is 0 Å². The van der Waals surface area contributed by atoms with E-state index in [1.54, 1.807) is 0 Å². The van der Waals surface area contributed by atoms with Gasteiger partial charge in [0.05, 0.1) is 6.04 Å². The van der Waals surface area contributed by atoms with Gasteiger partial charge in [-0.2, -0.15) is 0 Å². The van der Waals surface area contributed by atoms with Crippen LogP contribution in [0.15, 0.2) is 30.3 Å². The second-order valence-corrected chi connectivity index (χ2v) is 4.26. The lowest BCUT2D eigenvalue weighted by molar-refractivity contribution is 0.101. The van der Waals surface area contributed by atoms with E-state index in [2.05, 4.69) is 17.1 Å². The summed E-state index contributed by atoms with van der Waals surface area (Å²) >= 11 is 0. The molecule has 1 aliphatic rings. The number of ether oxygens (including phenoxy) is 1. The third-order valence-corrected chi connectivity index (χ3v) is 2.94. The number of carbonyl (C=O) groups excluding carboxylic acids is 1. The molecule has 1 aromatic rings. The maximum atomic E-state index is 11.5. The number of benzene rings is 1. The number of hydrogen-bond acceptors (Lipinski definition) is 3. The number of rotatable bonds is 4. The molecule has 1 aromatic carbocycles. The third-order valence-electron chi connectivity index (χ3n) is 2.94. The fraction of sp³-hybridized carbons (Fsp3) is 0.462. The van der Waals surface area contributed by atoms with Gasteiger partial charge in [-0.05, 0) is 12.1 Å². The zero-order chi connectivity index (χ0) is 12.1. The molecule has 0 spiro atoms. The molecule has 1 saturated heterocycles. The summed E-state index contributed by atoms with van der Waals surface area (Å²) in [7, 11) is 0. The predicted molar refractivity (Wildman–Crippen MR) is 65.7 cm³/mol. The molecule has 1 aliphatic heterocycles. The Kier molecular flexibility index (Phi) is 3.98. The van der Waals surface area contributed by atoms with Gasteiger partial charge in [0.25, 0.3) is 0 Å². The lowest BCUT2D eigenvalue weighted by atomic mass is 10.1. The minimum atomic E-state index is -0.324. The topological polar surface area (TPSA) is 41.6 Å². The highest BCUT2D eigenvalue weighted by molar-refractivity contribution is 5.67. The number of nitrogens with zero attached hydrogens (tertiary/aromatic N) is 1. The molecule has 0 aromatic heterocycles. The zero-order valence-electron chi connectivity index (χ0n) is 10.1. The SMILES string of the molecule is CCN1CC(NC(=O)OCc2ccccc2)C1. The van der Waals surface area contributed by atoms with E-state index in [9.17, 15) is 4.79 Å². The van der Waals surface area contributed by atoms with Crippen LogP contribution < -0.4 is 5.32 Å². The molecule has 0 unspecified atom stereocenters. The number of nitrogens with one attached hydrogen (secondary N) is 1. The van der Waals surface area contributed by atoms with Crippen LogP contribution in [-0.4, -0.2) is 36.7 Å². The number of amides is 1. The van der Waals surface area contributed by atoms with E-state index in [-0.39, 0.29) is 12.1 Å². The van der Waals surface area contributed by atoms with E-state index in [4.69, 9.17) is 4.74 Å². The van der Waals surface area contributed by atoms with Crippen LogP contribution in [0.25, 0.3) is 0 Å². The van der Waals surface area contributed by atoms with Gasteiger partial charge in [-0.25, -0.2) is 4.79 Å². The van der Waals surface area contributed by atoms with E-state index >= 15 is 0 Å². The molecule has 1 amide bonds. The first-order valence-corrected chi connectivity index (χ1v) is 5.97. The standard InChI is InChI=1S/C13H18N2O2/c1-2-15-8-12(9-15)14-13(16)17-10-11-6-4-3-5-7-11/h3-7,12H,2,8-10H2,1H3,(H,14,16). The van der Waals surface area contributed by atoms with Gasteiger partial charge >= 0.3 is 6.09 Å². The molecule has 2 rings (SSSR count). The van der Waals surface area contributed by atoms with Gasteiger partial charge in [-0.1, -0.05) is 37.3 Å². The Morgan fingerprint density at radius 2 is 2.12 bits per heavy atom. The van der Waals surface area contributed by atoms with E-state index in [0.717, 1.165) is 25.2 Å². The molecule has 1 heterocycles. The lowest BCUT2D eigenvalue weighted by Crippen LogP contribution is -2.58. The highest BCUT2D eigenvalue weighted by Gasteiger charge is 2.26. The van der Waals surface area contributed by atoms with Crippen molar-refractivity contribution in [1.29, 1.82) is 0 Å². The van der Waals surface area contributed by atoms with Gasteiger partial charge in [0, 0.05) is 13.1 Å². The number of alkyl carbamates (subject to hydrolysis) is 1. The van der Waals surface area contributed by atoms with Crippen LogP contribution in [0.5, 0.6) is 0 Å². The average Bonchev–Trinajstić information content (AvgIpc) is 2.32. The molecule has 92 valence electrons. The van der Waals surface area contributed by atoms with Crippen molar-refractivity contribution in [2.75, 3.05) is 19.6 Å². The minimum absolute atomic E-state index is 0.248. The Bertz CT molecular complexity index is 361. The fourth-order valence-electron chi connectivity index (χ4n) is 1.85. The Morgan fingerprint density at radius 1 is 1.41 bits per heavy atom. The monoisotopic (exact) mass is 234 g/mol. The maximum Gasteiger partial charge on any atom is 0.407 e. The first kappa shape index (κ1) is 11.9. The van der Waals surface area contributed by atoms with Crippen LogP contribution in [0.4, 0.5) is 4.79 Å². The molecule has 0 atom stereocenters. The molecular formula is C13H18N2O2. The van der Waals surface area contributed by atoms with Gasteiger partial charge in [-0.15, -0.1) is 0 Å². The van der Waals surface area contributed by atoms with Crippen molar-refractivity contribution in [3.63, 3.8) is 0 Å². The van der Waals surface area contributed by atoms with Gasteiger partial charge in [0.15, 0.2) is 0 Å². The van der Waals surface area contributed by atoms with Gasteiger partial charge in [-0.3, -0.25) is 4.90 Å². The summed E-state index contributed by atoms with van der Waals surface area (Å²) in [5, 5.41) is 2.85. The van der Waals surface area contributed by atoms with Gasteiger partial charge in [0.1, 0.15) is 6.61 Å². The first-order valence-electron chi connectivity index (χ1n) is 5.97. The Balaban J connectivity index is 1.65. The maximum absolute atomic E-state index is 11.5. The van der Waals surface area contributed by atoms with E-state index in [1.807, 2.05) is 30.3 Å². The third kappa shape index (κ3) is 3.46. The summed E-state index contributed by atoms with van der Waals surface area (Å²) in [4.78, 5) is 13.7. The summed E-state index contributed by atoms with van der Waals surface area (Å²) < 4.78 is 5.13. The Labute approximate surface area is 102 Å². The summed E-state index contributed by atoms with van der Waals surface area (Å²) in [6.07, 6.45) is -0.324. The molecule has 1 fully saturated rings. The number of likely N-dealkylation sites (tertiary alicyclic amines) is 1. The van der Waals surface area contributed by atoms with Crippen molar-refractivity contribution >= 4 is 6.09 Å². The van der Waals surface area contributed by atoms with Gasteiger partial charge in [0.2, 0.25) is 0 Å². The van der Waals surface area contributed by atoms with E-state index in [0.29, 0.717) is 6.61 Å². The molecule has 0 saturated carbocycles. The van der Waals surface area contributed by atoms with E-state index in [1.165, 1.54) is 0 Å². The van der Waals surface area contributed by atoms with Crippen LogP contribution in [-0.2, 0) is 11.3 Å². The molecule has 0 aliphatic carbocycles. The molecule has 1 N–H and O–H groups in total. The highest BCUT2D eigenvalue weighted by Crippen LogP contribution is 2.07. The number of likely N-dealkylation sites (N-methyl/N-ethyl adjacent to an activating group) is 1. The molecule has 0 radical (unpaired) electrons. The van der Waals surface area contributed by atoms with Crippen LogP contribution >= 0.6 is 0 Å². The summed E-state index contributed by atoms with van der Waals surface area (Å²) in [6.45, 7) is 5.34. The number of hydrogen-bond donors (Lipinski definition) is 1. The molecule has 4 heteroatoms. The minimum Gasteiger partial charge on any atom is -0.445 e. The summed E-state index contributed by atoms with van der Waals surface area (Å²) in [6, 6.07) is 9.93. The average molecular weight is 234 g/mol. The zero-order valence-corrected chi connectivity index (χ0v) is 10.1. The first-order chi connectivity index (χ1) is 8.28. The Morgan fingerprint density at radius 3 is 2.76 bits per heavy atom. The van der Waals surface area contributed by atoms with Crippen molar-refractivity contribution in [1.82, 2.24) is 10.2 Å². The second kappa shape index (κ2) is 5.68. The summed E-state index contributed by atoms with van der Waals surface area (Å²) in [5.74, 6) is 0. The smallest absolute Gasteiger partial charge is 0.407 e. The number of carbonyl (C=O) groups is 1. The van der Waals surface area contributed by atoms with Crippen molar-refractivity contribution in [2.24, 2.45) is 0 Å². The van der Waals surface area contributed by atoms with Crippen molar-refractivity contribution < 1.29 is 9.53 Å². The summed E-state index contributed by atoms with van der Waals surface area (Å²) in [5.41, 5.74) is 1.01. The lowest BCUT2D eigenvalue weighted by Gasteiger charge is -2.38. The van der Waals surface area contributed by atoms with Crippen molar-refractivity contribution in [2.45, 2.75) is 19.6 Å². The second-order valence-electron chi connectivity index (χ2n) is 4.26. The molecule has 4 nitrogen and oxygen atoms in total. The molecule has 17 heavy (non-hydrogen) atoms. The van der Waals surface area contributed by atoms with Crippen LogP contribution in [0.1, 0.15) is 12.5 Å². The normalized spacial score (nSPS) is 16.3. The van der Waals surface area contributed by atoms with Crippen molar-refractivity contribution in [3.8, 4) is 0 Å².